The van der Waals surface area contributed by atoms with E-state index in [2.05, 4.69) is 27.7 Å². The maximum Gasteiger partial charge on any atom is 0.0718 e. The van der Waals surface area contributed by atoms with Crippen LogP contribution in [0, 0.1) is 16.7 Å². The zero-order valence-electron chi connectivity index (χ0n) is 11.3. The molecule has 3 aliphatic rings. The molecule has 1 saturated heterocycles. The Labute approximate surface area is 99.9 Å². The van der Waals surface area contributed by atoms with Gasteiger partial charge in [-0.25, -0.2) is 0 Å². The van der Waals surface area contributed by atoms with Crippen molar-refractivity contribution in [2.24, 2.45) is 16.7 Å². The van der Waals surface area contributed by atoms with Crippen molar-refractivity contribution in [3.63, 3.8) is 0 Å². The summed E-state index contributed by atoms with van der Waals surface area (Å²) >= 11 is 0. The highest BCUT2D eigenvalue weighted by Crippen LogP contribution is 2.69. The van der Waals surface area contributed by atoms with Crippen molar-refractivity contribution in [1.82, 2.24) is 0 Å². The van der Waals surface area contributed by atoms with Gasteiger partial charge in [-0.15, -0.1) is 0 Å². The van der Waals surface area contributed by atoms with Crippen molar-refractivity contribution in [2.75, 3.05) is 0 Å². The predicted octanol–water partition coefficient (Wildman–Crippen LogP) is 4.16. The molecule has 2 aliphatic carbocycles. The smallest absolute Gasteiger partial charge is 0.0718 e. The third kappa shape index (κ3) is 1.06. The molecule has 3 fully saturated rings. The van der Waals surface area contributed by atoms with E-state index in [1.165, 1.54) is 38.5 Å². The summed E-state index contributed by atoms with van der Waals surface area (Å²) < 4.78 is 6.55. The van der Waals surface area contributed by atoms with Crippen LogP contribution in [0.3, 0.4) is 0 Å². The van der Waals surface area contributed by atoms with Gasteiger partial charge < -0.3 is 4.74 Å². The third-order valence-electron chi connectivity index (χ3n) is 6.64. The van der Waals surface area contributed by atoms with E-state index in [1.807, 2.05) is 0 Å². The van der Waals surface area contributed by atoms with Gasteiger partial charge in [-0.05, 0) is 51.4 Å². The molecule has 1 unspecified atom stereocenters. The molecular weight excluding hydrogens is 196 g/mol. The van der Waals surface area contributed by atoms with Gasteiger partial charge in [0.15, 0.2) is 0 Å². The van der Waals surface area contributed by atoms with Crippen molar-refractivity contribution in [2.45, 2.75) is 77.9 Å². The maximum absolute atomic E-state index is 6.55. The number of fused-ring (bicyclic) bond motifs is 3. The Morgan fingerprint density at radius 2 is 1.81 bits per heavy atom. The molecule has 1 aliphatic heterocycles. The average molecular weight is 222 g/mol. The summed E-state index contributed by atoms with van der Waals surface area (Å²) in [6.07, 6.45) is 8.64. The molecule has 0 spiro atoms. The fourth-order valence-corrected chi connectivity index (χ4v) is 4.97. The van der Waals surface area contributed by atoms with Crippen molar-refractivity contribution >= 4 is 0 Å². The molecule has 0 aromatic rings. The summed E-state index contributed by atoms with van der Waals surface area (Å²) in [5, 5.41) is 0. The second kappa shape index (κ2) is 3.04. The highest BCUT2D eigenvalue weighted by Gasteiger charge is 2.68. The van der Waals surface area contributed by atoms with E-state index >= 15 is 0 Å². The molecule has 3 rings (SSSR count). The van der Waals surface area contributed by atoms with E-state index in [0.29, 0.717) is 16.9 Å². The van der Waals surface area contributed by atoms with Gasteiger partial charge in [0, 0.05) is 10.8 Å². The van der Waals surface area contributed by atoms with Crippen molar-refractivity contribution < 1.29 is 4.74 Å². The quantitative estimate of drug-likeness (QED) is 0.598. The first kappa shape index (κ1) is 11.1. The molecule has 0 aromatic heterocycles. The molecule has 0 radical (unpaired) electrons. The second-order valence-corrected chi connectivity index (χ2v) is 7.32. The van der Waals surface area contributed by atoms with E-state index in [1.54, 1.807) is 0 Å². The highest BCUT2D eigenvalue weighted by molar-refractivity contribution is 5.17. The molecule has 0 bridgehead atoms. The van der Waals surface area contributed by atoms with E-state index in [0.717, 1.165) is 5.92 Å². The summed E-state index contributed by atoms with van der Waals surface area (Å²) in [6, 6.07) is 0. The van der Waals surface area contributed by atoms with Gasteiger partial charge in [0.1, 0.15) is 0 Å². The molecule has 0 amide bonds. The van der Waals surface area contributed by atoms with Gasteiger partial charge >= 0.3 is 0 Å². The molecule has 1 nitrogen and oxygen atoms in total. The minimum Gasteiger partial charge on any atom is -0.371 e. The Kier molecular flexibility index (Phi) is 2.11. The molecule has 92 valence electrons. The first-order valence-electron chi connectivity index (χ1n) is 7.09. The molecule has 0 aromatic carbocycles. The minimum absolute atomic E-state index is 0.177. The van der Waals surface area contributed by atoms with Crippen LogP contribution < -0.4 is 0 Å². The Hall–Kier alpha value is -0.0400. The summed E-state index contributed by atoms with van der Waals surface area (Å²) in [7, 11) is 0. The van der Waals surface area contributed by atoms with Gasteiger partial charge in [-0.2, -0.15) is 0 Å². The first-order chi connectivity index (χ1) is 7.41. The van der Waals surface area contributed by atoms with Crippen LogP contribution in [0.15, 0.2) is 0 Å². The average Bonchev–Trinajstić information content (AvgIpc) is 2.57. The molecule has 0 N–H and O–H groups in total. The van der Waals surface area contributed by atoms with Crippen LogP contribution in [-0.2, 0) is 4.74 Å². The number of hydrogen-bond donors (Lipinski definition) is 0. The zero-order chi connectivity index (χ0) is 11.6. The Morgan fingerprint density at radius 3 is 2.56 bits per heavy atom. The maximum atomic E-state index is 6.55. The van der Waals surface area contributed by atoms with E-state index in [4.69, 9.17) is 4.74 Å². The molecule has 5 atom stereocenters. The minimum atomic E-state index is 0.177. The Bertz CT molecular complexity index is 313. The highest BCUT2D eigenvalue weighted by atomic mass is 16.5. The lowest BCUT2D eigenvalue weighted by Crippen LogP contribution is -2.46. The SMILES string of the molecule is CC1CC[C@@]2(C)[C@@H](C1)O[C@]1(C)CCC[C@@]12C. The van der Waals surface area contributed by atoms with Crippen molar-refractivity contribution in [3.8, 4) is 0 Å². The van der Waals surface area contributed by atoms with Crippen LogP contribution in [0.4, 0.5) is 0 Å². The lowest BCUT2D eigenvalue weighted by atomic mass is 9.54. The van der Waals surface area contributed by atoms with E-state index in [-0.39, 0.29) is 5.60 Å². The monoisotopic (exact) mass is 222 g/mol. The van der Waals surface area contributed by atoms with Crippen LogP contribution in [-0.4, -0.2) is 11.7 Å². The topological polar surface area (TPSA) is 9.23 Å². The Morgan fingerprint density at radius 1 is 1.06 bits per heavy atom. The van der Waals surface area contributed by atoms with Crippen molar-refractivity contribution in [1.29, 1.82) is 0 Å². The number of ether oxygens (including phenoxy) is 1. The zero-order valence-corrected chi connectivity index (χ0v) is 11.3. The predicted molar refractivity (Wildman–Crippen MR) is 66.4 cm³/mol. The van der Waals surface area contributed by atoms with Gasteiger partial charge in [0.2, 0.25) is 0 Å². The fourth-order valence-electron chi connectivity index (χ4n) is 4.97. The van der Waals surface area contributed by atoms with Gasteiger partial charge in [-0.1, -0.05) is 20.8 Å². The number of hydrogen-bond acceptors (Lipinski definition) is 1. The molecular formula is C15H26O. The molecule has 2 saturated carbocycles. The van der Waals surface area contributed by atoms with Crippen LogP contribution in [0.2, 0.25) is 0 Å². The lowest BCUT2D eigenvalue weighted by molar-refractivity contribution is -0.0670. The van der Waals surface area contributed by atoms with Crippen LogP contribution >= 0.6 is 0 Å². The summed E-state index contributed by atoms with van der Waals surface area (Å²) in [4.78, 5) is 0. The number of rotatable bonds is 0. The Balaban J connectivity index is 2.01. The summed E-state index contributed by atoms with van der Waals surface area (Å²) in [5.74, 6) is 0.865. The van der Waals surface area contributed by atoms with E-state index < -0.39 is 0 Å². The van der Waals surface area contributed by atoms with Crippen LogP contribution in [0.1, 0.15) is 66.2 Å². The van der Waals surface area contributed by atoms with Gasteiger partial charge in [0.05, 0.1) is 11.7 Å². The van der Waals surface area contributed by atoms with Gasteiger partial charge in [-0.3, -0.25) is 0 Å². The summed E-state index contributed by atoms with van der Waals surface area (Å²) in [5.41, 5.74) is 1.06. The molecule has 16 heavy (non-hydrogen) atoms. The largest absolute Gasteiger partial charge is 0.371 e. The second-order valence-electron chi connectivity index (χ2n) is 7.32. The normalized spacial score (nSPS) is 60.8. The summed E-state index contributed by atoms with van der Waals surface area (Å²) in [6.45, 7) is 9.80. The fraction of sp³-hybridized carbons (Fsp3) is 1.00. The first-order valence-corrected chi connectivity index (χ1v) is 7.09. The van der Waals surface area contributed by atoms with Crippen LogP contribution in [0.5, 0.6) is 0 Å². The van der Waals surface area contributed by atoms with E-state index in [9.17, 15) is 0 Å². The van der Waals surface area contributed by atoms with Gasteiger partial charge in [0.25, 0.3) is 0 Å². The van der Waals surface area contributed by atoms with Crippen molar-refractivity contribution in [3.05, 3.63) is 0 Å². The lowest BCUT2D eigenvalue weighted by Gasteiger charge is -2.47. The standard InChI is InChI=1S/C15H26O/c1-11-6-9-13(2)12(10-11)16-15(4)8-5-7-14(13,15)3/h11-12H,5-10H2,1-4H3/t11?,12-,13+,14-,15-/m1/s1. The molecule has 1 heteroatoms. The third-order valence-corrected chi connectivity index (χ3v) is 6.64. The molecule has 1 heterocycles. The van der Waals surface area contributed by atoms with Crippen LogP contribution in [0.25, 0.3) is 0 Å².